The van der Waals surface area contributed by atoms with Gasteiger partial charge < -0.3 is 13.9 Å². The quantitative estimate of drug-likeness (QED) is 0.166. The largest absolute Gasteiger partial charge is 0.456 e. The van der Waals surface area contributed by atoms with Gasteiger partial charge in [-0.15, -0.1) is 0 Å². The van der Waals surface area contributed by atoms with E-state index < -0.39 is 0 Å². The van der Waals surface area contributed by atoms with Crippen molar-refractivity contribution in [2.45, 2.75) is 19.8 Å². The van der Waals surface area contributed by atoms with Gasteiger partial charge in [0.15, 0.2) is 0 Å². The van der Waals surface area contributed by atoms with Crippen molar-refractivity contribution in [2.24, 2.45) is 0 Å². The van der Waals surface area contributed by atoms with Crippen molar-refractivity contribution < 1.29 is 4.42 Å². The van der Waals surface area contributed by atoms with Crippen molar-refractivity contribution >= 4 is 60.8 Å². The molecule has 0 atom stereocenters. The molecule has 0 bridgehead atoms. The minimum atomic E-state index is 0.472. The van der Waals surface area contributed by atoms with E-state index in [9.17, 15) is 0 Å². The van der Waals surface area contributed by atoms with Crippen molar-refractivity contribution in [1.29, 1.82) is 0 Å². The molecule has 0 aliphatic heterocycles. The Labute approximate surface area is 315 Å². The van der Waals surface area contributed by atoms with E-state index >= 15 is 0 Å². The fourth-order valence-corrected chi connectivity index (χ4v) is 8.15. The molecule has 0 aliphatic rings. The summed E-state index contributed by atoms with van der Waals surface area (Å²) in [5.74, 6) is 0.472. The lowest BCUT2D eigenvalue weighted by atomic mass is 9.94. The third-order valence-electron chi connectivity index (χ3n) is 10.8. The van der Waals surface area contributed by atoms with Crippen LogP contribution in [0.25, 0.3) is 71.7 Å². The van der Waals surface area contributed by atoms with E-state index in [-0.39, 0.29) is 0 Å². The Bertz CT molecular complexity index is 2950. The number of furan rings is 1. The molecule has 2 aromatic heterocycles. The van der Waals surface area contributed by atoms with Crippen LogP contribution in [0.4, 0.5) is 17.1 Å². The summed E-state index contributed by atoms with van der Waals surface area (Å²) in [5, 5.41) is 4.64. The minimum absolute atomic E-state index is 0.472. The normalized spacial score (nSPS) is 11.7. The van der Waals surface area contributed by atoms with Gasteiger partial charge >= 0.3 is 0 Å². The number of para-hydroxylation sites is 2. The average Bonchev–Trinajstić information content (AvgIpc) is 3.77. The molecule has 10 rings (SSSR count). The van der Waals surface area contributed by atoms with Crippen molar-refractivity contribution in [2.75, 3.05) is 4.90 Å². The maximum absolute atomic E-state index is 6.46. The van der Waals surface area contributed by atoms with E-state index in [2.05, 4.69) is 199 Å². The fourth-order valence-electron chi connectivity index (χ4n) is 8.15. The third kappa shape index (κ3) is 5.28. The van der Waals surface area contributed by atoms with E-state index in [1.165, 1.54) is 44.1 Å². The highest BCUT2D eigenvalue weighted by Crippen LogP contribution is 2.45. The van der Waals surface area contributed by atoms with Gasteiger partial charge in [-0.1, -0.05) is 135 Å². The zero-order valence-electron chi connectivity index (χ0n) is 30.3. The van der Waals surface area contributed by atoms with Crippen LogP contribution in [0.1, 0.15) is 25.3 Å². The number of anilines is 3. The molecule has 8 aromatic carbocycles. The lowest BCUT2D eigenvalue weighted by Crippen LogP contribution is -2.10. The molecule has 258 valence electrons. The molecule has 0 radical (unpaired) electrons. The molecule has 2 heterocycles. The molecule has 54 heavy (non-hydrogen) atoms. The molecular weight excluding hydrogens is 657 g/mol. The number of hydrogen-bond acceptors (Lipinski definition) is 2. The maximum Gasteiger partial charge on any atom is 0.137 e. The molecular formula is C51H38N2O. The topological polar surface area (TPSA) is 21.3 Å². The van der Waals surface area contributed by atoms with E-state index in [4.69, 9.17) is 4.42 Å². The highest BCUT2D eigenvalue weighted by molar-refractivity contribution is 6.17. The third-order valence-corrected chi connectivity index (χ3v) is 10.8. The zero-order chi connectivity index (χ0) is 36.2. The van der Waals surface area contributed by atoms with Crippen LogP contribution in [0.15, 0.2) is 192 Å². The van der Waals surface area contributed by atoms with Crippen LogP contribution >= 0.6 is 0 Å². The summed E-state index contributed by atoms with van der Waals surface area (Å²) in [4.78, 5) is 2.39. The van der Waals surface area contributed by atoms with Crippen LogP contribution < -0.4 is 4.90 Å². The molecule has 3 nitrogen and oxygen atoms in total. The summed E-state index contributed by atoms with van der Waals surface area (Å²) in [6, 6.07) is 67.7. The van der Waals surface area contributed by atoms with E-state index in [0.29, 0.717) is 5.92 Å². The number of aromatic nitrogens is 1. The first-order valence-corrected chi connectivity index (χ1v) is 18.7. The lowest BCUT2D eigenvalue weighted by molar-refractivity contribution is 0.669. The highest BCUT2D eigenvalue weighted by Gasteiger charge is 2.22. The minimum Gasteiger partial charge on any atom is -0.456 e. The lowest BCUT2D eigenvalue weighted by Gasteiger charge is -2.27. The van der Waals surface area contributed by atoms with E-state index in [1.54, 1.807) is 0 Å². The van der Waals surface area contributed by atoms with Gasteiger partial charge in [0.2, 0.25) is 0 Å². The first-order valence-electron chi connectivity index (χ1n) is 18.7. The molecule has 0 amide bonds. The number of benzene rings is 8. The summed E-state index contributed by atoms with van der Waals surface area (Å²) < 4.78 is 8.87. The van der Waals surface area contributed by atoms with Crippen molar-refractivity contribution in [3.8, 4) is 27.9 Å². The number of hydrogen-bond donors (Lipinski definition) is 0. The van der Waals surface area contributed by atoms with Crippen LogP contribution in [0.3, 0.4) is 0 Å². The number of nitrogens with zero attached hydrogens (tertiary/aromatic N) is 2. The van der Waals surface area contributed by atoms with Crippen molar-refractivity contribution in [3.05, 3.63) is 194 Å². The van der Waals surface area contributed by atoms with Crippen LogP contribution in [0.2, 0.25) is 0 Å². The first kappa shape index (κ1) is 31.9. The van der Waals surface area contributed by atoms with Gasteiger partial charge in [-0.05, 0) is 94.4 Å². The number of fused-ring (bicyclic) bond motifs is 6. The molecule has 0 fully saturated rings. The molecule has 0 N–H and O–H groups in total. The fraction of sp³-hybridized carbons (Fsp3) is 0.0588. The van der Waals surface area contributed by atoms with Gasteiger partial charge in [-0.25, -0.2) is 0 Å². The van der Waals surface area contributed by atoms with Crippen molar-refractivity contribution in [3.63, 3.8) is 0 Å². The van der Waals surface area contributed by atoms with Gasteiger partial charge in [0.05, 0.1) is 16.7 Å². The second-order valence-corrected chi connectivity index (χ2v) is 14.3. The predicted octanol–water partition coefficient (Wildman–Crippen LogP) is 14.6. The molecule has 3 heteroatoms. The SMILES string of the molecule is CC(C)c1ccc(-n2c3ccccc3c3c(N(c4ccc(-c5ccccc5-c5ccccc5)cc4)c4ccc5c(c4)oc4ccccc45)cccc32)cc1. The van der Waals surface area contributed by atoms with Gasteiger partial charge in [0.1, 0.15) is 11.2 Å². The Morgan fingerprint density at radius 3 is 1.83 bits per heavy atom. The van der Waals surface area contributed by atoms with Crippen molar-refractivity contribution in [1.82, 2.24) is 4.57 Å². The van der Waals surface area contributed by atoms with Gasteiger partial charge in [-0.2, -0.15) is 0 Å². The summed E-state index contributed by atoms with van der Waals surface area (Å²) in [6.07, 6.45) is 0. The summed E-state index contributed by atoms with van der Waals surface area (Å²) >= 11 is 0. The number of rotatable bonds is 7. The second kappa shape index (κ2) is 13.0. The molecule has 0 aliphatic carbocycles. The van der Waals surface area contributed by atoms with E-state index in [0.717, 1.165) is 50.2 Å². The Balaban J connectivity index is 1.19. The Morgan fingerprint density at radius 2 is 1.07 bits per heavy atom. The van der Waals surface area contributed by atoms with Crippen LogP contribution in [-0.2, 0) is 0 Å². The summed E-state index contributed by atoms with van der Waals surface area (Å²) in [6.45, 7) is 4.49. The van der Waals surface area contributed by atoms with Gasteiger partial charge in [-0.3, -0.25) is 0 Å². The zero-order valence-corrected chi connectivity index (χ0v) is 30.3. The second-order valence-electron chi connectivity index (χ2n) is 14.3. The highest BCUT2D eigenvalue weighted by atomic mass is 16.3. The van der Waals surface area contributed by atoms with Crippen LogP contribution in [-0.4, -0.2) is 4.57 Å². The first-order chi connectivity index (χ1) is 26.6. The molecule has 0 unspecified atom stereocenters. The monoisotopic (exact) mass is 694 g/mol. The summed E-state index contributed by atoms with van der Waals surface area (Å²) in [5.41, 5.74) is 14.6. The molecule has 0 saturated heterocycles. The molecule has 0 saturated carbocycles. The Kier molecular flexibility index (Phi) is 7.66. The Morgan fingerprint density at radius 1 is 0.463 bits per heavy atom. The summed E-state index contributed by atoms with van der Waals surface area (Å²) in [7, 11) is 0. The standard InChI is InChI=1S/C51H38N2O/c1-34(2)35-23-27-39(28-24-35)53-46-19-10-8-18-45(46)51-47(20-12-21-48(51)53)52(40-31-32-44-43-17-9-11-22-49(43)54-50(44)33-40)38-29-25-37(26-30-38)42-16-7-6-15-41(42)36-13-4-3-5-14-36/h3-34H,1-2H3. The van der Waals surface area contributed by atoms with Crippen LogP contribution in [0.5, 0.6) is 0 Å². The average molecular weight is 695 g/mol. The maximum atomic E-state index is 6.46. The smallest absolute Gasteiger partial charge is 0.137 e. The predicted molar refractivity (Wildman–Crippen MR) is 228 cm³/mol. The van der Waals surface area contributed by atoms with Gasteiger partial charge in [0.25, 0.3) is 0 Å². The molecule has 10 aromatic rings. The molecule has 0 spiro atoms. The Hall–Kier alpha value is -6.84. The van der Waals surface area contributed by atoms with Crippen LogP contribution in [0, 0.1) is 0 Å². The van der Waals surface area contributed by atoms with Gasteiger partial charge in [0, 0.05) is 44.7 Å². The van der Waals surface area contributed by atoms with E-state index in [1.807, 2.05) is 12.1 Å².